The molecule has 0 aromatic heterocycles. The van der Waals surface area contributed by atoms with Crippen LogP contribution in [0.3, 0.4) is 0 Å². The lowest BCUT2D eigenvalue weighted by Gasteiger charge is -2.26. The van der Waals surface area contributed by atoms with Crippen LogP contribution in [0.5, 0.6) is 5.75 Å². The lowest BCUT2D eigenvalue weighted by molar-refractivity contribution is 0.0933. The molecule has 3 aromatic carbocycles. The minimum Gasteiger partial charge on any atom is -0.494 e. The van der Waals surface area contributed by atoms with Crippen LogP contribution >= 0.6 is 0 Å². The monoisotopic (exact) mass is 450 g/mol. The van der Waals surface area contributed by atoms with Gasteiger partial charge < -0.3 is 10.1 Å². The average molecular weight is 451 g/mol. The first-order chi connectivity index (χ1) is 15.5. The van der Waals surface area contributed by atoms with Crippen LogP contribution in [-0.4, -0.2) is 20.9 Å². The molecule has 0 saturated heterocycles. The topological polar surface area (TPSA) is 84.5 Å². The molecule has 0 fully saturated rings. The van der Waals surface area contributed by atoms with Gasteiger partial charge in [0.1, 0.15) is 5.75 Å². The van der Waals surface area contributed by atoms with Crippen LogP contribution in [0.2, 0.25) is 0 Å². The summed E-state index contributed by atoms with van der Waals surface area (Å²) in [6, 6.07) is 20.8. The van der Waals surface area contributed by atoms with E-state index in [0.717, 1.165) is 24.8 Å². The minimum absolute atomic E-state index is 0.0942. The normalized spacial score (nSPS) is 15.5. The first-order valence-electron chi connectivity index (χ1n) is 10.7. The van der Waals surface area contributed by atoms with Crippen LogP contribution in [0.1, 0.15) is 47.3 Å². The Bertz CT molecular complexity index is 1210. The Morgan fingerprint density at radius 2 is 1.72 bits per heavy atom. The second-order valence-electron chi connectivity index (χ2n) is 7.67. The fourth-order valence-electron chi connectivity index (χ4n) is 4.00. The Hall–Kier alpha value is -3.32. The number of fused-ring (bicyclic) bond motifs is 1. The van der Waals surface area contributed by atoms with E-state index >= 15 is 0 Å². The SMILES string of the molecule is CCOc1ccc(S(=O)(=O)Nc2ccccc2C(=O)N[C@H]2CCCc3ccccc32)cc1. The highest BCUT2D eigenvalue weighted by atomic mass is 32.2. The second kappa shape index (κ2) is 9.44. The van der Waals surface area contributed by atoms with E-state index < -0.39 is 10.0 Å². The molecular formula is C25H26N2O4S. The van der Waals surface area contributed by atoms with E-state index in [2.05, 4.69) is 16.1 Å². The molecule has 0 bridgehead atoms. The van der Waals surface area contributed by atoms with Crippen molar-refractivity contribution in [3.05, 3.63) is 89.5 Å². The van der Waals surface area contributed by atoms with E-state index in [4.69, 9.17) is 4.74 Å². The molecule has 0 spiro atoms. The summed E-state index contributed by atoms with van der Waals surface area (Å²) in [5.41, 5.74) is 2.89. The third kappa shape index (κ3) is 4.78. The van der Waals surface area contributed by atoms with Gasteiger partial charge in [0, 0.05) is 0 Å². The molecule has 6 nitrogen and oxygen atoms in total. The van der Waals surface area contributed by atoms with Gasteiger partial charge >= 0.3 is 0 Å². The van der Waals surface area contributed by atoms with Crippen molar-refractivity contribution < 1.29 is 17.9 Å². The number of benzene rings is 3. The zero-order chi connectivity index (χ0) is 22.6. The number of amides is 1. The molecule has 0 saturated carbocycles. The first kappa shape index (κ1) is 21.9. The largest absolute Gasteiger partial charge is 0.494 e. The molecule has 0 aliphatic heterocycles. The van der Waals surface area contributed by atoms with Gasteiger partial charge in [0.2, 0.25) is 0 Å². The van der Waals surface area contributed by atoms with Crippen molar-refractivity contribution >= 4 is 21.6 Å². The van der Waals surface area contributed by atoms with Crippen molar-refractivity contribution in [3.63, 3.8) is 0 Å². The number of hydrogen-bond acceptors (Lipinski definition) is 4. The smallest absolute Gasteiger partial charge is 0.261 e. The van der Waals surface area contributed by atoms with Crippen LogP contribution in [-0.2, 0) is 16.4 Å². The maximum absolute atomic E-state index is 13.1. The van der Waals surface area contributed by atoms with E-state index in [1.165, 1.54) is 17.7 Å². The molecule has 0 radical (unpaired) electrons. The van der Waals surface area contributed by atoms with Crippen LogP contribution in [0.15, 0.2) is 77.7 Å². The molecule has 7 heteroatoms. The van der Waals surface area contributed by atoms with E-state index in [0.29, 0.717) is 12.4 Å². The summed E-state index contributed by atoms with van der Waals surface area (Å²) in [7, 11) is -3.87. The van der Waals surface area contributed by atoms with Crippen molar-refractivity contribution in [1.82, 2.24) is 5.32 Å². The molecule has 1 aliphatic carbocycles. The van der Waals surface area contributed by atoms with Crippen LogP contribution in [0.25, 0.3) is 0 Å². The number of ether oxygens (including phenoxy) is 1. The van der Waals surface area contributed by atoms with Gasteiger partial charge in [-0.05, 0) is 73.7 Å². The third-order valence-electron chi connectivity index (χ3n) is 5.54. The number of nitrogens with one attached hydrogen (secondary N) is 2. The number of rotatable bonds is 7. The van der Waals surface area contributed by atoms with Crippen LogP contribution in [0.4, 0.5) is 5.69 Å². The molecule has 1 amide bonds. The Morgan fingerprint density at radius 1 is 1.00 bits per heavy atom. The summed E-state index contributed by atoms with van der Waals surface area (Å²) in [6.45, 7) is 2.36. The molecule has 166 valence electrons. The van der Waals surface area contributed by atoms with E-state index in [1.54, 1.807) is 36.4 Å². The Labute approximate surface area is 188 Å². The summed E-state index contributed by atoms with van der Waals surface area (Å²) in [5.74, 6) is 0.288. The number of carbonyl (C=O) groups is 1. The third-order valence-corrected chi connectivity index (χ3v) is 6.92. The predicted octanol–water partition coefficient (Wildman–Crippen LogP) is 4.69. The van der Waals surface area contributed by atoms with Crippen molar-refractivity contribution in [3.8, 4) is 5.75 Å². The van der Waals surface area contributed by atoms with E-state index in [-0.39, 0.29) is 28.1 Å². The summed E-state index contributed by atoms with van der Waals surface area (Å²) < 4.78 is 33.8. The van der Waals surface area contributed by atoms with Gasteiger partial charge in [-0.25, -0.2) is 8.42 Å². The molecule has 4 rings (SSSR count). The number of sulfonamides is 1. The molecule has 32 heavy (non-hydrogen) atoms. The standard InChI is InChI=1S/C25H26N2O4S/c1-2-31-19-14-16-20(17-15-19)32(29,30)27-24-12-6-5-11-22(24)25(28)26-23-13-7-9-18-8-3-4-10-21(18)23/h3-6,8,10-12,14-17,23,27H,2,7,9,13H2,1H3,(H,26,28)/t23-/m0/s1. The number of carbonyl (C=O) groups excluding carboxylic acids is 1. The lowest BCUT2D eigenvalue weighted by atomic mass is 9.87. The van der Waals surface area contributed by atoms with Gasteiger partial charge in [0.25, 0.3) is 15.9 Å². The van der Waals surface area contributed by atoms with Crippen molar-refractivity contribution in [2.45, 2.75) is 37.1 Å². The summed E-state index contributed by atoms with van der Waals surface area (Å²) >= 11 is 0. The number of anilines is 1. The summed E-state index contributed by atoms with van der Waals surface area (Å²) in [5, 5.41) is 3.09. The zero-order valence-electron chi connectivity index (χ0n) is 17.9. The Morgan fingerprint density at radius 3 is 2.50 bits per heavy atom. The van der Waals surface area contributed by atoms with Crippen molar-refractivity contribution in [2.24, 2.45) is 0 Å². The van der Waals surface area contributed by atoms with E-state index in [9.17, 15) is 13.2 Å². The van der Waals surface area contributed by atoms with E-state index in [1.807, 2.05) is 25.1 Å². The number of aryl methyl sites for hydroxylation is 1. The maximum Gasteiger partial charge on any atom is 0.261 e. The number of hydrogen-bond donors (Lipinski definition) is 2. The van der Waals surface area contributed by atoms with Gasteiger partial charge in [-0.15, -0.1) is 0 Å². The highest BCUT2D eigenvalue weighted by Crippen LogP contribution is 2.30. The predicted molar refractivity (Wildman–Crippen MR) is 124 cm³/mol. The van der Waals surface area contributed by atoms with Crippen molar-refractivity contribution in [2.75, 3.05) is 11.3 Å². The fraction of sp³-hybridized carbons (Fsp3) is 0.240. The molecule has 0 heterocycles. The van der Waals surface area contributed by atoms with Gasteiger partial charge in [-0.1, -0.05) is 36.4 Å². The molecule has 0 unspecified atom stereocenters. The maximum atomic E-state index is 13.1. The Kier molecular flexibility index (Phi) is 6.46. The average Bonchev–Trinajstić information content (AvgIpc) is 2.80. The minimum atomic E-state index is -3.87. The Balaban J connectivity index is 1.55. The van der Waals surface area contributed by atoms with Gasteiger partial charge in [-0.3, -0.25) is 9.52 Å². The van der Waals surface area contributed by atoms with Gasteiger partial charge in [-0.2, -0.15) is 0 Å². The highest BCUT2D eigenvalue weighted by molar-refractivity contribution is 7.92. The first-order valence-corrected chi connectivity index (χ1v) is 12.2. The fourth-order valence-corrected chi connectivity index (χ4v) is 5.08. The molecule has 2 N–H and O–H groups in total. The zero-order valence-corrected chi connectivity index (χ0v) is 18.7. The van der Waals surface area contributed by atoms with Crippen LogP contribution in [0, 0.1) is 0 Å². The molecule has 1 atom stereocenters. The summed E-state index contributed by atoms with van der Waals surface area (Å²) in [6.07, 6.45) is 2.85. The van der Waals surface area contributed by atoms with Gasteiger partial charge in [0.05, 0.1) is 28.8 Å². The lowest BCUT2D eigenvalue weighted by Crippen LogP contribution is -2.31. The van der Waals surface area contributed by atoms with Gasteiger partial charge in [0.15, 0.2) is 0 Å². The molecular weight excluding hydrogens is 424 g/mol. The molecule has 1 aliphatic rings. The molecule has 3 aromatic rings. The second-order valence-corrected chi connectivity index (χ2v) is 9.35. The summed E-state index contributed by atoms with van der Waals surface area (Å²) in [4.78, 5) is 13.2. The highest BCUT2D eigenvalue weighted by Gasteiger charge is 2.24. The van der Waals surface area contributed by atoms with Crippen LogP contribution < -0.4 is 14.8 Å². The quantitative estimate of drug-likeness (QED) is 0.547. The number of para-hydroxylation sites is 1. The van der Waals surface area contributed by atoms with Crippen molar-refractivity contribution in [1.29, 1.82) is 0 Å².